The van der Waals surface area contributed by atoms with E-state index in [0.717, 1.165) is 36.6 Å². The Morgan fingerprint density at radius 3 is 2.71 bits per heavy atom. The molecule has 1 N–H and O–H groups in total. The molecule has 4 nitrogen and oxygen atoms in total. The second kappa shape index (κ2) is 10.3. The van der Waals surface area contributed by atoms with Crippen LogP contribution in [0.15, 0.2) is 48.5 Å². The van der Waals surface area contributed by atoms with Crippen LogP contribution in [0.4, 0.5) is 0 Å². The molecule has 0 aromatic heterocycles. The molecule has 4 heteroatoms. The molecule has 0 aliphatic carbocycles. The number of para-hydroxylation sites is 1. The molecule has 1 saturated heterocycles. The molecule has 150 valence electrons. The number of carbonyl (C=O) groups is 1. The molecule has 2 aromatic rings. The number of hydrogen-bond acceptors (Lipinski definition) is 3. The third-order valence-corrected chi connectivity index (χ3v) is 5.46. The second-order valence-corrected chi connectivity index (χ2v) is 7.85. The number of benzene rings is 2. The molecular formula is C24H32N2O2. The van der Waals surface area contributed by atoms with Crippen LogP contribution in [0.25, 0.3) is 0 Å². The zero-order valence-electron chi connectivity index (χ0n) is 17.1. The predicted octanol–water partition coefficient (Wildman–Crippen LogP) is 4.29. The van der Waals surface area contributed by atoms with Crippen LogP contribution in [0.5, 0.6) is 5.75 Å². The summed E-state index contributed by atoms with van der Waals surface area (Å²) >= 11 is 0. The summed E-state index contributed by atoms with van der Waals surface area (Å²) in [7, 11) is 1.69. The highest BCUT2D eigenvalue weighted by Gasteiger charge is 2.16. The highest BCUT2D eigenvalue weighted by atomic mass is 16.5. The normalized spacial score (nSPS) is 17.3. The molecule has 0 saturated carbocycles. The first-order chi connectivity index (χ1) is 13.7. The first-order valence-electron chi connectivity index (χ1n) is 10.4. The van der Waals surface area contributed by atoms with Gasteiger partial charge in [0.25, 0.3) is 5.91 Å². The van der Waals surface area contributed by atoms with Crippen LogP contribution in [0.3, 0.4) is 0 Å². The number of ether oxygens (including phenoxy) is 1. The molecule has 1 atom stereocenters. The number of nitrogens with zero attached hydrogens (tertiary/aromatic N) is 1. The smallest absolute Gasteiger partial charge is 0.251 e. The van der Waals surface area contributed by atoms with Gasteiger partial charge in [-0.05, 0) is 67.5 Å². The first-order valence-corrected chi connectivity index (χ1v) is 10.4. The average molecular weight is 381 g/mol. The van der Waals surface area contributed by atoms with Crippen molar-refractivity contribution < 1.29 is 9.53 Å². The minimum atomic E-state index is -0.00169. The fourth-order valence-electron chi connectivity index (χ4n) is 3.94. The number of carbonyl (C=O) groups excluding carboxylic acids is 1. The Morgan fingerprint density at radius 1 is 1.18 bits per heavy atom. The Balaban J connectivity index is 1.43. The quantitative estimate of drug-likeness (QED) is 0.695. The topological polar surface area (TPSA) is 41.6 Å². The maximum atomic E-state index is 12.4. The lowest BCUT2D eigenvalue weighted by Gasteiger charge is -2.30. The van der Waals surface area contributed by atoms with Gasteiger partial charge in [-0.2, -0.15) is 0 Å². The lowest BCUT2D eigenvalue weighted by molar-refractivity contribution is 0.0953. The van der Waals surface area contributed by atoms with E-state index in [1.807, 2.05) is 30.3 Å². The van der Waals surface area contributed by atoms with Gasteiger partial charge in [-0.25, -0.2) is 0 Å². The number of rotatable bonds is 8. The Bertz CT molecular complexity index is 757. The fourth-order valence-corrected chi connectivity index (χ4v) is 3.94. The summed E-state index contributed by atoms with van der Waals surface area (Å²) < 4.78 is 5.37. The molecule has 0 spiro atoms. The highest BCUT2D eigenvalue weighted by molar-refractivity contribution is 5.94. The number of methoxy groups -OCH3 is 1. The van der Waals surface area contributed by atoms with E-state index in [2.05, 4.69) is 35.3 Å². The SMILES string of the molecule is COc1ccccc1CCCNC(=O)c1ccc(CN2CCCC(C)C2)cc1. The Morgan fingerprint density at radius 2 is 1.96 bits per heavy atom. The maximum Gasteiger partial charge on any atom is 0.251 e. The van der Waals surface area contributed by atoms with E-state index in [9.17, 15) is 4.79 Å². The van der Waals surface area contributed by atoms with E-state index in [0.29, 0.717) is 6.54 Å². The summed E-state index contributed by atoms with van der Waals surface area (Å²) in [5, 5.41) is 3.02. The van der Waals surface area contributed by atoms with Crippen molar-refractivity contribution in [1.82, 2.24) is 10.2 Å². The van der Waals surface area contributed by atoms with Crippen molar-refractivity contribution >= 4 is 5.91 Å². The van der Waals surface area contributed by atoms with Crippen molar-refractivity contribution in [1.29, 1.82) is 0 Å². The second-order valence-electron chi connectivity index (χ2n) is 7.85. The van der Waals surface area contributed by atoms with E-state index >= 15 is 0 Å². The molecule has 0 radical (unpaired) electrons. The van der Waals surface area contributed by atoms with Crippen molar-refractivity contribution in [2.24, 2.45) is 5.92 Å². The van der Waals surface area contributed by atoms with Crippen molar-refractivity contribution in [3.05, 3.63) is 65.2 Å². The summed E-state index contributed by atoms with van der Waals surface area (Å²) in [6, 6.07) is 16.1. The standard InChI is InChI=1S/C24H32N2O2/c1-19-7-6-16-26(17-19)18-20-11-13-22(14-12-20)24(27)25-15-5-9-21-8-3-4-10-23(21)28-2/h3-4,8,10-14,19H,5-7,9,15-18H2,1-2H3,(H,25,27). The maximum absolute atomic E-state index is 12.4. The monoisotopic (exact) mass is 380 g/mol. The third kappa shape index (κ3) is 5.83. The molecule has 1 unspecified atom stereocenters. The number of hydrogen-bond donors (Lipinski definition) is 1. The number of aryl methyl sites for hydroxylation is 1. The molecular weight excluding hydrogens is 348 g/mol. The van der Waals surface area contributed by atoms with Crippen molar-refractivity contribution in [3.63, 3.8) is 0 Å². The van der Waals surface area contributed by atoms with Crippen LogP contribution in [-0.2, 0) is 13.0 Å². The predicted molar refractivity (Wildman–Crippen MR) is 114 cm³/mol. The Kier molecular flexibility index (Phi) is 7.49. The summed E-state index contributed by atoms with van der Waals surface area (Å²) in [6.45, 7) is 6.32. The summed E-state index contributed by atoms with van der Waals surface area (Å²) in [4.78, 5) is 14.9. The lowest BCUT2D eigenvalue weighted by atomic mass is 9.99. The van der Waals surface area contributed by atoms with Crippen molar-refractivity contribution in [3.8, 4) is 5.75 Å². The van der Waals surface area contributed by atoms with Crippen LogP contribution < -0.4 is 10.1 Å². The molecule has 1 aliphatic heterocycles. The van der Waals surface area contributed by atoms with Crippen molar-refractivity contribution in [2.75, 3.05) is 26.7 Å². The van der Waals surface area contributed by atoms with Gasteiger partial charge in [0.15, 0.2) is 0 Å². The van der Waals surface area contributed by atoms with Crippen LogP contribution in [0.2, 0.25) is 0 Å². The third-order valence-electron chi connectivity index (χ3n) is 5.46. The number of piperidine rings is 1. The van der Waals surface area contributed by atoms with Crippen LogP contribution in [0.1, 0.15) is 47.7 Å². The Hall–Kier alpha value is -2.33. The summed E-state index contributed by atoms with van der Waals surface area (Å²) in [5.74, 6) is 1.69. The van der Waals surface area contributed by atoms with Crippen LogP contribution >= 0.6 is 0 Å². The summed E-state index contributed by atoms with van der Waals surface area (Å²) in [6.07, 6.45) is 4.40. The minimum absolute atomic E-state index is 0.00169. The van der Waals surface area contributed by atoms with Gasteiger partial charge in [0.2, 0.25) is 0 Å². The van der Waals surface area contributed by atoms with Crippen LogP contribution in [-0.4, -0.2) is 37.6 Å². The minimum Gasteiger partial charge on any atom is -0.496 e. The highest BCUT2D eigenvalue weighted by Crippen LogP contribution is 2.19. The van der Waals surface area contributed by atoms with Gasteiger partial charge in [0.1, 0.15) is 5.75 Å². The first kappa shape index (κ1) is 20.4. The van der Waals surface area contributed by atoms with Gasteiger partial charge < -0.3 is 10.1 Å². The number of amides is 1. The molecule has 2 aromatic carbocycles. The van der Waals surface area contributed by atoms with Gasteiger partial charge >= 0.3 is 0 Å². The van der Waals surface area contributed by atoms with Gasteiger partial charge in [0.05, 0.1) is 7.11 Å². The number of nitrogens with one attached hydrogen (secondary N) is 1. The van der Waals surface area contributed by atoms with Crippen molar-refractivity contribution in [2.45, 2.75) is 39.2 Å². The van der Waals surface area contributed by atoms with Gasteiger partial charge in [-0.3, -0.25) is 9.69 Å². The van der Waals surface area contributed by atoms with E-state index in [1.54, 1.807) is 7.11 Å². The molecule has 1 fully saturated rings. The molecule has 28 heavy (non-hydrogen) atoms. The average Bonchev–Trinajstić information content (AvgIpc) is 2.72. The zero-order chi connectivity index (χ0) is 19.8. The lowest BCUT2D eigenvalue weighted by Crippen LogP contribution is -2.33. The van der Waals surface area contributed by atoms with E-state index in [-0.39, 0.29) is 5.91 Å². The largest absolute Gasteiger partial charge is 0.496 e. The molecule has 1 amide bonds. The summed E-state index contributed by atoms with van der Waals surface area (Å²) in [5.41, 5.74) is 3.19. The molecule has 1 aliphatic rings. The number of likely N-dealkylation sites (tertiary alicyclic amines) is 1. The Labute approximate surface area is 168 Å². The van der Waals surface area contributed by atoms with Crippen LogP contribution in [0, 0.1) is 5.92 Å². The van der Waals surface area contributed by atoms with E-state index in [1.165, 1.54) is 37.1 Å². The van der Waals surface area contributed by atoms with Gasteiger partial charge in [-0.15, -0.1) is 0 Å². The fraction of sp³-hybridized carbons (Fsp3) is 0.458. The molecule has 1 heterocycles. The zero-order valence-corrected chi connectivity index (χ0v) is 17.1. The molecule has 3 rings (SSSR count). The van der Waals surface area contributed by atoms with E-state index < -0.39 is 0 Å². The molecule has 0 bridgehead atoms. The van der Waals surface area contributed by atoms with Gasteiger partial charge in [-0.1, -0.05) is 37.3 Å². The van der Waals surface area contributed by atoms with E-state index in [4.69, 9.17) is 4.74 Å². The van der Waals surface area contributed by atoms with Gasteiger partial charge in [0, 0.05) is 25.2 Å².